The molecule has 0 radical (unpaired) electrons. The van der Waals surface area contributed by atoms with Gasteiger partial charge in [-0.1, -0.05) is 6.92 Å². The van der Waals surface area contributed by atoms with Crippen LogP contribution in [0.3, 0.4) is 0 Å². The number of nitrogens with zero attached hydrogens (tertiary/aromatic N) is 1. The summed E-state index contributed by atoms with van der Waals surface area (Å²) in [6.07, 6.45) is 1.17. The average molecular weight is 186 g/mol. The molecule has 12 heavy (non-hydrogen) atoms. The number of thioether (sulfide) groups is 1. The molecule has 3 nitrogen and oxygen atoms in total. The number of carbonyl (C=O) groups excluding carboxylic acids is 1. The van der Waals surface area contributed by atoms with E-state index in [0.29, 0.717) is 11.3 Å². The van der Waals surface area contributed by atoms with Crippen molar-refractivity contribution >= 4 is 17.8 Å². The minimum atomic E-state index is 0.134. The number of carbonyl (C=O) groups is 1. The molecule has 0 spiro atoms. The first-order valence-electron chi connectivity index (χ1n) is 4.45. The molecule has 4 heteroatoms. The second kappa shape index (κ2) is 3.17. The van der Waals surface area contributed by atoms with Crippen molar-refractivity contribution < 1.29 is 4.79 Å². The molecular weight excluding hydrogens is 172 g/mol. The lowest BCUT2D eigenvalue weighted by atomic mass is 10.1. The van der Waals surface area contributed by atoms with Gasteiger partial charge in [-0.2, -0.15) is 11.8 Å². The Balaban J connectivity index is 2.03. The van der Waals surface area contributed by atoms with Gasteiger partial charge in [0.15, 0.2) is 0 Å². The van der Waals surface area contributed by atoms with Crippen molar-refractivity contribution in [1.29, 1.82) is 0 Å². The molecule has 2 aliphatic heterocycles. The van der Waals surface area contributed by atoms with Crippen LogP contribution in [0.4, 0.5) is 4.79 Å². The first-order chi connectivity index (χ1) is 5.79. The molecule has 0 aromatic rings. The zero-order chi connectivity index (χ0) is 8.55. The highest BCUT2D eigenvalue weighted by Crippen LogP contribution is 2.30. The molecule has 2 heterocycles. The molecule has 0 aliphatic carbocycles. The van der Waals surface area contributed by atoms with E-state index in [-0.39, 0.29) is 6.03 Å². The quantitative estimate of drug-likeness (QED) is 0.660. The van der Waals surface area contributed by atoms with E-state index in [1.54, 1.807) is 0 Å². The molecule has 1 N–H and O–H groups in total. The summed E-state index contributed by atoms with van der Waals surface area (Å²) in [5.74, 6) is 1.20. The minimum absolute atomic E-state index is 0.134. The first kappa shape index (κ1) is 8.23. The smallest absolute Gasteiger partial charge is 0.317 e. The summed E-state index contributed by atoms with van der Waals surface area (Å²) in [4.78, 5) is 13.3. The zero-order valence-corrected chi connectivity index (χ0v) is 8.06. The predicted octanol–water partition coefficient (Wildman–Crippen LogP) is 0.906. The lowest BCUT2D eigenvalue weighted by Crippen LogP contribution is -2.40. The Bertz CT molecular complexity index is 197. The summed E-state index contributed by atoms with van der Waals surface area (Å²) in [5, 5.41) is 3.46. The molecule has 68 valence electrons. The van der Waals surface area contributed by atoms with Crippen LogP contribution in [0.1, 0.15) is 13.3 Å². The molecule has 0 aromatic heterocycles. The van der Waals surface area contributed by atoms with Gasteiger partial charge in [0.1, 0.15) is 0 Å². The van der Waals surface area contributed by atoms with Crippen LogP contribution >= 0.6 is 11.8 Å². The van der Waals surface area contributed by atoms with Crippen molar-refractivity contribution in [3.8, 4) is 0 Å². The number of rotatable bonds is 1. The molecule has 0 aromatic carbocycles. The number of urea groups is 1. The zero-order valence-electron chi connectivity index (χ0n) is 7.25. The summed E-state index contributed by atoms with van der Waals surface area (Å²) < 4.78 is 0. The van der Waals surface area contributed by atoms with E-state index < -0.39 is 0 Å². The maximum atomic E-state index is 11.3. The average Bonchev–Trinajstić information content (AvgIpc) is 2.59. The van der Waals surface area contributed by atoms with E-state index >= 15 is 0 Å². The second-order valence-corrected chi connectivity index (χ2v) is 4.84. The SMILES string of the molecule is CC1SCCC1N1CCNC1=O. The summed E-state index contributed by atoms with van der Waals surface area (Å²) in [5.41, 5.74) is 0. The van der Waals surface area contributed by atoms with Crippen LogP contribution in [0, 0.1) is 0 Å². The molecule has 2 fully saturated rings. The fourth-order valence-corrected chi connectivity index (χ4v) is 3.19. The lowest BCUT2D eigenvalue weighted by molar-refractivity contribution is 0.198. The van der Waals surface area contributed by atoms with Gasteiger partial charge in [0.25, 0.3) is 0 Å². The van der Waals surface area contributed by atoms with Crippen molar-refractivity contribution in [2.24, 2.45) is 0 Å². The van der Waals surface area contributed by atoms with Gasteiger partial charge >= 0.3 is 6.03 Å². The highest BCUT2D eigenvalue weighted by molar-refractivity contribution is 8.00. The number of nitrogens with one attached hydrogen (secondary N) is 1. The molecular formula is C8H14N2OS. The summed E-state index contributed by atoms with van der Waals surface area (Å²) in [6.45, 7) is 3.94. The van der Waals surface area contributed by atoms with E-state index in [1.807, 2.05) is 16.7 Å². The largest absolute Gasteiger partial charge is 0.336 e. The monoisotopic (exact) mass is 186 g/mol. The summed E-state index contributed by atoms with van der Waals surface area (Å²) in [6, 6.07) is 0.617. The molecule has 2 unspecified atom stereocenters. The fraction of sp³-hybridized carbons (Fsp3) is 0.875. The third-order valence-corrected chi connectivity index (χ3v) is 3.94. The first-order valence-corrected chi connectivity index (χ1v) is 5.50. The van der Waals surface area contributed by atoms with E-state index in [9.17, 15) is 4.79 Å². The van der Waals surface area contributed by atoms with Crippen LogP contribution < -0.4 is 5.32 Å². The molecule has 0 bridgehead atoms. The second-order valence-electron chi connectivity index (χ2n) is 3.36. The molecule has 2 saturated heterocycles. The number of hydrogen-bond donors (Lipinski definition) is 1. The van der Waals surface area contributed by atoms with Gasteiger partial charge in [-0.05, 0) is 12.2 Å². The Morgan fingerprint density at radius 1 is 1.67 bits per heavy atom. The third kappa shape index (κ3) is 1.28. The van der Waals surface area contributed by atoms with Gasteiger partial charge in [-0.15, -0.1) is 0 Å². The summed E-state index contributed by atoms with van der Waals surface area (Å²) >= 11 is 1.97. The summed E-state index contributed by atoms with van der Waals surface area (Å²) in [7, 11) is 0. The lowest BCUT2D eigenvalue weighted by Gasteiger charge is -2.25. The van der Waals surface area contributed by atoms with Gasteiger partial charge in [-0.3, -0.25) is 0 Å². The van der Waals surface area contributed by atoms with Crippen LogP contribution in [0.5, 0.6) is 0 Å². The van der Waals surface area contributed by atoms with Crippen LogP contribution in [0.15, 0.2) is 0 Å². The van der Waals surface area contributed by atoms with Gasteiger partial charge in [0.05, 0.1) is 0 Å². The van der Waals surface area contributed by atoms with E-state index in [4.69, 9.17) is 0 Å². The maximum absolute atomic E-state index is 11.3. The van der Waals surface area contributed by atoms with Crippen molar-refractivity contribution in [2.75, 3.05) is 18.8 Å². The van der Waals surface area contributed by atoms with Crippen LogP contribution in [0.2, 0.25) is 0 Å². The Kier molecular flexibility index (Phi) is 2.17. The van der Waals surface area contributed by atoms with E-state index in [1.165, 1.54) is 12.2 Å². The maximum Gasteiger partial charge on any atom is 0.317 e. The molecule has 2 atom stereocenters. The molecule has 2 aliphatic rings. The molecule has 2 amide bonds. The Morgan fingerprint density at radius 2 is 2.50 bits per heavy atom. The highest BCUT2D eigenvalue weighted by Gasteiger charge is 2.34. The normalized spacial score (nSPS) is 35.8. The van der Waals surface area contributed by atoms with Gasteiger partial charge < -0.3 is 10.2 Å². The standard InChI is InChI=1S/C8H14N2OS/c1-6-7(2-5-12-6)10-4-3-9-8(10)11/h6-7H,2-5H2,1H3,(H,9,11). The van der Waals surface area contributed by atoms with Crippen molar-refractivity contribution in [3.05, 3.63) is 0 Å². The predicted molar refractivity (Wildman–Crippen MR) is 50.4 cm³/mol. The third-order valence-electron chi connectivity index (χ3n) is 2.63. The Morgan fingerprint density at radius 3 is 3.00 bits per heavy atom. The Labute approximate surface area is 76.9 Å². The number of amides is 2. The van der Waals surface area contributed by atoms with Crippen LogP contribution in [-0.2, 0) is 0 Å². The van der Waals surface area contributed by atoms with Crippen LogP contribution in [-0.4, -0.2) is 41.1 Å². The highest BCUT2D eigenvalue weighted by atomic mass is 32.2. The van der Waals surface area contributed by atoms with Gasteiger partial charge in [0, 0.05) is 24.4 Å². The van der Waals surface area contributed by atoms with Gasteiger partial charge in [-0.25, -0.2) is 4.79 Å². The van der Waals surface area contributed by atoms with E-state index in [0.717, 1.165) is 13.1 Å². The van der Waals surface area contributed by atoms with E-state index in [2.05, 4.69) is 12.2 Å². The van der Waals surface area contributed by atoms with Crippen molar-refractivity contribution in [1.82, 2.24) is 10.2 Å². The van der Waals surface area contributed by atoms with Crippen molar-refractivity contribution in [3.63, 3.8) is 0 Å². The minimum Gasteiger partial charge on any atom is -0.336 e. The van der Waals surface area contributed by atoms with Crippen molar-refractivity contribution in [2.45, 2.75) is 24.6 Å². The van der Waals surface area contributed by atoms with Crippen LogP contribution in [0.25, 0.3) is 0 Å². The number of hydrogen-bond acceptors (Lipinski definition) is 2. The fourth-order valence-electron chi connectivity index (χ4n) is 1.93. The Hall–Kier alpha value is -0.380. The van der Waals surface area contributed by atoms with Gasteiger partial charge in [0.2, 0.25) is 0 Å². The molecule has 2 rings (SSSR count). The topological polar surface area (TPSA) is 32.3 Å². The molecule has 0 saturated carbocycles.